The first kappa shape index (κ1) is 61.6. The van der Waals surface area contributed by atoms with Crippen LogP contribution in [0.15, 0.2) is 87.3 Å². The van der Waals surface area contributed by atoms with Gasteiger partial charge in [0.15, 0.2) is 0 Å². The zero-order valence-corrected chi connectivity index (χ0v) is 59.9. The fourth-order valence-corrected chi connectivity index (χ4v) is 20.4. The van der Waals surface area contributed by atoms with Crippen molar-refractivity contribution >= 4 is 71.5 Å². The number of rotatable bonds is 18. The quantitative estimate of drug-likeness (QED) is 0.0875. The van der Waals surface area contributed by atoms with E-state index in [0.29, 0.717) is 13.3 Å². The maximum Gasteiger partial charge on any atom is 0.127 e. The molecule has 96 heavy (non-hydrogen) atoms. The number of aromatic nitrogens is 4. The molecule has 0 saturated heterocycles. The highest BCUT2D eigenvalue weighted by molar-refractivity contribution is 6.26. The molecule has 10 heteroatoms. The zero-order chi connectivity index (χ0) is 66.0. The molecule has 16 bridgehead atoms. The number of unbranched alkanes of at least 4 members (excludes halogenated alkanes) is 4. The normalized spacial score (nSPS) is 21.5. The van der Waals surface area contributed by atoms with E-state index in [4.69, 9.17) is 29.4 Å². The molecule has 5 aromatic rings. The largest absolute Gasteiger partial charge is 0.496 e. The second-order valence-electron chi connectivity index (χ2n) is 29.7. The number of fused-ring (bicyclic) bond motifs is 6. The third-order valence-corrected chi connectivity index (χ3v) is 25.1. The second-order valence-corrected chi connectivity index (χ2v) is 29.7. The van der Waals surface area contributed by atoms with Crippen molar-refractivity contribution in [2.24, 2.45) is 20.0 Å². The van der Waals surface area contributed by atoms with E-state index in [0.717, 1.165) is 186 Å². The van der Waals surface area contributed by atoms with E-state index in [9.17, 15) is 0 Å². The molecule has 0 fully saturated rings. The number of hydrogen-bond donors (Lipinski definition) is 0. The third kappa shape index (κ3) is 8.53. The molecule has 0 N–H and O–H groups in total. The topological polar surface area (TPSA) is 87.6 Å². The summed E-state index contributed by atoms with van der Waals surface area (Å²) >= 11 is 0. The van der Waals surface area contributed by atoms with Gasteiger partial charge in [-0.2, -0.15) is 0 Å². The van der Waals surface area contributed by atoms with Crippen LogP contribution in [0, 0.1) is 0 Å². The van der Waals surface area contributed by atoms with Crippen LogP contribution < -0.4 is 30.9 Å². The van der Waals surface area contributed by atoms with Crippen LogP contribution in [-0.2, 0) is 39.0 Å². The predicted molar refractivity (Wildman–Crippen MR) is 398 cm³/mol. The van der Waals surface area contributed by atoms with E-state index in [1.54, 1.807) is 0 Å². The van der Waals surface area contributed by atoms with Gasteiger partial charge in [0.25, 0.3) is 0 Å². The van der Waals surface area contributed by atoms with Gasteiger partial charge in [-0.05, 0) is 268 Å². The van der Waals surface area contributed by atoms with Crippen LogP contribution in [-0.4, -0.2) is 55.3 Å². The van der Waals surface area contributed by atoms with E-state index in [-0.39, 0.29) is 23.7 Å². The fourth-order valence-electron chi connectivity index (χ4n) is 20.4. The van der Waals surface area contributed by atoms with Crippen molar-refractivity contribution in [2.45, 2.75) is 249 Å². The lowest BCUT2D eigenvalue weighted by molar-refractivity contribution is 0.351. The number of nitrogens with zero attached hydrogens (tertiary/aromatic N) is 8. The Labute approximate surface area is 568 Å². The van der Waals surface area contributed by atoms with Gasteiger partial charge in [-0.25, -0.2) is 20.0 Å². The molecule has 10 nitrogen and oxygen atoms in total. The molecule has 19 rings (SSSR count). The first-order chi connectivity index (χ1) is 46.9. The highest BCUT2D eigenvalue weighted by Gasteiger charge is 2.53. The van der Waals surface area contributed by atoms with E-state index in [2.05, 4.69) is 150 Å². The highest BCUT2D eigenvalue weighted by atomic mass is 16.5. The van der Waals surface area contributed by atoms with Crippen LogP contribution in [0.25, 0.3) is 48.6 Å². The molecule has 0 spiro atoms. The van der Waals surface area contributed by atoms with Gasteiger partial charge in [0.1, 0.15) is 11.5 Å². The van der Waals surface area contributed by atoms with Crippen LogP contribution in [0.3, 0.4) is 0 Å². The highest BCUT2D eigenvalue weighted by Crippen LogP contribution is 2.68. The summed E-state index contributed by atoms with van der Waals surface area (Å²) in [6.45, 7) is 29.5. The van der Waals surface area contributed by atoms with E-state index < -0.39 is 0 Å². The number of methoxy groups -OCH3 is 2. The molecule has 4 unspecified atom stereocenters. The maximum absolute atomic E-state index is 7.34. The maximum atomic E-state index is 7.34. The van der Waals surface area contributed by atoms with E-state index in [1.807, 2.05) is 14.2 Å². The van der Waals surface area contributed by atoms with Crippen LogP contribution in [0.1, 0.15) is 299 Å². The number of ether oxygens (including phenoxy) is 2. The Balaban J connectivity index is 0.952. The summed E-state index contributed by atoms with van der Waals surface area (Å²) in [5.74, 6) is 2.38. The average molecular weight is 1280 g/mol. The first-order valence-electron chi connectivity index (χ1n) is 37.6. The van der Waals surface area contributed by atoms with Crippen LogP contribution in [0.5, 0.6) is 11.5 Å². The molecule has 12 heterocycles. The predicted octanol–water partition coefficient (Wildman–Crippen LogP) is 17.3. The molecule has 14 aliphatic rings. The van der Waals surface area contributed by atoms with Crippen LogP contribution in [0.2, 0.25) is 0 Å². The Morgan fingerprint density at radius 3 is 0.781 bits per heavy atom. The molecule has 8 aliphatic heterocycles. The molecule has 6 aliphatic carbocycles. The third-order valence-electron chi connectivity index (χ3n) is 25.1. The van der Waals surface area contributed by atoms with Crippen molar-refractivity contribution in [3.05, 3.63) is 178 Å². The smallest absolute Gasteiger partial charge is 0.127 e. The summed E-state index contributed by atoms with van der Waals surface area (Å²) in [5.41, 5.74) is 41.8. The van der Waals surface area contributed by atoms with Crippen molar-refractivity contribution in [1.82, 2.24) is 18.3 Å². The second kappa shape index (κ2) is 23.4. The van der Waals surface area contributed by atoms with Crippen molar-refractivity contribution in [1.29, 1.82) is 0 Å². The van der Waals surface area contributed by atoms with Gasteiger partial charge in [0, 0.05) is 90.1 Å². The minimum atomic E-state index is 0.0517. The van der Waals surface area contributed by atoms with Gasteiger partial charge < -0.3 is 27.7 Å². The van der Waals surface area contributed by atoms with Gasteiger partial charge in [0.2, 0.25) is 0 Å². The Bertz CT molecular complexity index is 4440. The number of hydrogen-bond acceptors (Lipinski definition) is 6. The minimum absolute atomic E-state index is 0.0517. The summed E-state index contributed by atoms with van der Waals surface area (Å²) in [6, 6.07) is 0. The number of aliphatic imine (C=N–C) groups is 4. The fraction of sp³-hybridized carbons (Fsp3) is 0.465. The van der Waals surface area contributed by atoms with Crippen molar-refractivity contribution in [3.63, 3.8) is 0 Å². The Morgan fingerprint density at radius 1 is 0.333 bits per heavy atom. The lowest BCUT2D eigenvalue weighted by Crippen LogP contribution is -2.33. The summed E-state index contributed by atoms with van der Waals surface area (Å²) in [4.78, 5) is 23.1. The van der Waals surface area contributed by atoms with Crippen molar-refractivity contribution < 1.29 is 9.47 Å². The van der Waals surface area contributed by atoms with Crippen molar-refractivity contribution in [2.75, 3.05) is 14.2 Å². The molecule has 0 amide bonds. The number of benzene rings is 1. The minimum Gasteiger partial charge on any atom is -0.496 e. The summed E-state index contributed by atoms with van der Waals surface area (Å²) in [5, 5.41) is 5.19. The zero-order valence-electron chi connectivity index (χ0n) is 59.9. The Kier molecular flexibility index (Phi) is 15.0. The van der Waals surface area contributed by atoms with Gasteiger partial charge in [-0.15, -0.1) is 0 Å². The summed E-state index contributed by atoms with van der Waals surface area (Å²) < 4.78 is 25.5. The summed E-state index contributed by atoms with van der Waals surface area (Å²) in [7, 11) is 3.98. The molecule has 0 radical (unpaired) electrons. The SMILES string of the molecule is CCCCC1=C(C)C2=Cc3c4c(c5n3Cn3c(c(CC)c(CC)c3=CC3=NC(=C5)C(C)=C3CCCC)=CC1=N2)C1CCC4c2c(OC)c3c(c(OC)c21)C1CCC3c2c1c1n3c2C=C2N=C(C=c4c(CC)c(CC)c(n4C3)=CC3=NC(=C1)C(C)=C3CCCC)C(CCCC)=C2C. The lowest BCUT2D eigenvalue weighted by Gasteiger charge is -2.47. The number of allylic oxidation sites excluding steroid dienone is 8. The van der Waals surface area contributed by atoms with Gasteiger partial charge in [-0.1, -0.05) is 81.1 Å². The lowest BCUT2D eigenvalue weighted by atomic mass is 9.57. The molecule has 4 atom stereocenters. The van der Waals surface area contributed by atoms with Gasteiger partial charge in [-0.3, -0.25) is 0 Å². The molecule has 1 aromatic carbocycles. The van der Waals surface area contributed by atoms with E-state index >= 15 is 0 Å². The Hall–Kier alpha value is -7.98. The van der Waals surface area contributed by atoms with Gasteiger partial charge >= 0.3 is 0 Å². The van der Waals surface area contributed by atoms with Crippen LogP contribution >= 0.6 is 0 Å². The monoisotopic (exact) mass is 1270 g/mol. The van der Waals surface area contributed by atoms with Crippen LogP contribution in [0.4, 0.5) is 0 Å². The molecular formula is C86H98N8O2. The van der Waals surface area contributed by atoms with Gasteiger partial charge in [0.05, 0.1) is 73.2 Å². The molecule has 4 aromatic heterocycles. The Morgan fingerprint density at radius 2 is 0.573 bits per heavy atom. The first-order valence-corrected chi connectivity index (χ1v) is 37.6. The molecular weight excluding hydrogens is 1180 g/mol. The molecule has 494 valence electrons. The summed E-state index contributed by atoms with van der Waals surface area (Å²) in [6.07, 6.45) is 41.1. The molecule has 0 saturated carbocycles. The standard InChI is InChI=1S/C86H98N8O2/c1-15-23-27-53-45(9)61-35-73-77-57-31-32-58(78(77)74-36-62-46(10)54(28-24-16-2)66(88-62)40-70-50(20-6)49(19-5)69(39-65(53)87-61)91(70)43-93(73)74)82-81(57)85(95-13)83-59-33-34-60(84(83)86(82)96-14)80-76-38-64-48(12)56(30-26-18-4)68(90-64)42-72-52(22-8)51(21-7)71-41-67-55(29-25-17-3)47(11)63(89-67)37-75(79(59)80)94(76)44-92(71)72/h35-42,57-60H,15-34,43-44H2,1-14H3. The van der Waals surface area contributed by atoms with Crippen molar-refractivity contribution in [3.8, 4) is 11.5 Å². The average Bonchev–Trinajstić information content (AvgIpc) is 1.31. The van der Waals surface area contributed by atoms with E-state index in [1.165, 1.54) is 156 Å².